The molecule has 3 nitrogen and oxygen atoms in total. The zero-order valence-electron chi connectivity index (χ0n) is 11.8. The van der Waals surface area contributed by atoms with Crippen LogP contribution in [0.15, 0.2) is 28.2 Å². The lowest BCUT2D eigenvalue weighted by atomic mass is 10.2. The Kier molecular flexibility index (Phi) is 4.57. The topological polar surface area (TPSA) is 28.2 Å². The first-order valence-corrected chi connectivity index (χ1v) is 8.61. The van der Waals surface area contributed by atoms with Gasteiger partial charge < -0.3 is 10.2 Å². The molecular formula is C15H17BrFN3S. The van der Waals surface area contributed by atoms with Crippen molar-refractivity contribution in [3.63, 3.8) is 0 Å². The van der Waals surface area contributed by atoms with Crippen molar-refractivity contribution in [2.45, 2.75) is 32.0 Å². The first kappa shape index (κ1) is 14.9. The van der Waals surface area contributed by atoms with Gasteiger partial charge in [0, 0.05) is 46.1 Å². The number of rotatable bonds is 6. The van der Waals surface area contributed by atoms with Crippen molar-refractivity contribution in [2.75, 3.05) is 11.9 Å². The second kappa shape index (κ2) is 6.42. The zero-order chi connectivity index (χ0) is 14.8. The van der Waals surface area contributed by atoms with Crippen LogP contribution in [-0.4, -0.2) is 18.1 Å². The van der Waals surface area contributed by atoms with Gasteiger partial charge in [0.2, 0.25) is 0 Å². The number of hydrogen-bond acceptors (Lipinski definition) is 4. The fourth-order valence-electron chi connectivity index (χ4n) is 2.16. The monoisotopic (exact) mass is 369 g/mol. The summed E-state index contributed by atoms with van der Waals surface area (Å²) in [6, 6.07) is 4.38. The van der Waals surface area contributed by atoms with Crippen LogP contribution < -0.4 is 10.2 Å². The second-order valence-electron chi connectivity index (χ2n) is 5.35. The summed E-state index contributed by atoms with van der Waals surface area (Å²) < 4.78 is 15.6. The number of pyridine rings is 1. The third-order valence-electron chi connectivity index (χ3n) is 3.49. The molecule has 1 saturated carbocycles. The van der Waals surface area contributed by atoms with Gasteiger partial charge in [-0.25, -0.2) is 9.37 Å². The molecule has 0 radical (unpaired) electrons. The Morgan fingerprint density at radius 2 is 2.33 bits per heavy atom. The summed E-state index contributed by atoms with van der Waals surface area (Å²) in [5, 5.41) is 5.37. The fourth-order valence-corrected chi connectivity index (χ4v) is 3.66. The van der Waals surface area contributed by atoms with Gasteiger partial charge in [0.25, 0.3) is 0 Å². The number of nitrogens with one attached hydrogen (secondary N) is 1. The molecule has 1 aliphatic carbocycles. The molecule has 3 rings (SSSR count). The lowest BCUT2D eigenvalue weighted by Gasteiger charge is -2.19. The van der Waals surface area contributed by atoms with Crippen LogP contribution in [0.1, 0.15) is 23.3 Å². The van der Waals surface area contributed by atoms with Gasteiger partial charge in [-0.1, -0.05) is 0 Å². The molecule has 0 atom stereocenters. The second-order valence-corrected chi connectivity index (χ2v) is 7.26. The minimum absolute atomic E-state index is 0.219. The predicted molar refractivity (Wildman–Crippen MR) is 88.2 cm³/mol. The molecule has 21 heavy (non-hydrogen) atoms. The first-order valence-electron chi connectivity index (χ1n) is 6.94. The van der Waals surface area contributed by atoms with E-state index < -0.39 is 0 Å². The van der Waals surface area contributed by atoms with Gasteiger partial charge in [0.15, 0.2) is 11.6 Å². The predicted octanol–water partition coefficient (Wildman–Crippen LogP) is 3.93. The van der Waals surface area contributed by atoms with Crippen LogP contribution in [0, 0.1) is 5.82 Å². The van der Waals surface area contributed by atoms with E-state index in [-0.39, 0.29) is 5.82 Å². The summed E-state index contributed by atoms with van der Waals surface area (Å²) in [6.07, 6.45) is 4.09. The summed E-state index contributed by atoms with van der Waals surface area (Å²) in [7, 11) is 1.87. The first-order chi connectivity index (χ1) is 10.1. The molecule has 0 unspecified atom stereocenters. The summed E-state index contributed by atoms with van der Waals surface area (Å²) in [4.78, 5) is 7.23. The molecule has 2 heterocycles. The zero-order valence-corrected chi connectivity index (χ0v) is 14.2. The molecule has 2 aromatic rings. The van der Waals surface area contributed by atoms with Gasteiger partial charge >= 0.3 is 0 Å². The van der Waals surface area contributed by atoms with E-state index in [1.165, 1.54) is 17.7 Å². The normalized spacial score (nSPS) is 14.4. The van der Waals surface area contributed by atoms with Gasteiger partial charge in [0.05, 0.1) is 6.54 Å². The van der Waals surface area contributed by atoms with Crippen molar-refractivity contribution in [2.24, 2.45) is 0 Å². The quantitative estimate of drug-likeness (QED) is 0.835. The smallest absolute Gasteiger partial charge is 0.170 e. The van der Waals surface area contributed by atoms with Crippen molar-refractivity contribution < 1.29 is 4.39 Å². The molecule has 6 heteroatoms. The number of thiophene rings is 1. The minimum Gasteiger partial charge on any atom is -0.352 e. The highest BCUT2D eigenvalue weighted by molar-refractivity contribution is 9.10. The van der Waals surface area contributed by atoms with Crippen molar-refractivity contribution in [1.29, 1.82) is 0 Å². The summed E-state index contributed by atoms with van der Waals surface area (Å²) in [5.74, 6) is 0.193. The molecule has 0 bridgehead atoms. The highest BCUT2D eigenvalue weighted by atomic mass is 79.9. The highest BCUT2D eigenvalue weighted by Gasteiger charge is 2.21. The summed E-state index contributed by atoms with van der Waals surface area (Å²) in [5.41, 5.74) is 0.686. The van der Waals surface area contributed by atoms with E-state index in [1.54, 1.807) is 23.6 Å². The Hall–Kier alpha value is -0.980. The van der Waals surface area contributed by atoms with Gasteiger partial charge in [-0.2, -0.15) is 0 Å². The van der Waals surface area contributed by atoms with E-state index in [0.717, 1.165) is 4.47 Å². The lowest BCUT2D eigenvalue weighted by Crippen LogP contribution is -2.21. The van der Waals surface area contributed by atoms with E-state index in [2.05, 4.69) is 32.3 Å². The average molecular weight is 370 g/mol. The molecular weight excluding hydrogens is 353 g/mol. The standard InChI is InChI=1S/C15H17BrFN3S/c1-20(8-13-6-11(16)9-21-13)15-14(17)10(4-5-18-15)7-19-12-2-3-12/h4-6,9,12,19H,2-3,7-8H2,1H3. The van der Waals surface area contributed by atoms with Crippen molar-refractivity contribution in [3.05, 3.63) is 44.4 Å². The van der Waals surface area contributed by atoms with Crippen LogP contribution >= 0.6 is 27.3 Å². The maximum absolute atomic E-state index is 14.6. The molecule has 0 spiro atoms. The van der Waals surface area contributed by atoms with Crippen LogP contribution in [0.5, 0.6) is 0 Å². The van der Waals surface area contributed by atoms with Crippen LogP contribution in [0.3, 0.4) is 0 Å². The molecule has 0 aromatic carbocycles. The van der Waals surface area contributed by atoms with Gasteiger partial charge in [-0.3, -0.25) is 0 Å². The lowest BCUT2D eigenvalue weighted by molar-refractivity contribution is 0.577. The fraction of sp³-hybridized carbons (Fsp3) is 0.400. The van der Waals surface area contributed by atoms with E-state index in [9.17, 15) is 4.39 Å². The van der Waals surface area contributed by atoms with Gasteiger partial charge in [-0.15, -0.1) is 11.3 Å². The van der Waals surface area contributed by atoms with Crippen molar-refractivity contribution in [3.8, 4) is 0 Å². The minimum atomic E-state index is -0.219. The van der Waals surface area contributed by atoms with E-state index >= 15 is 0 Å². The highest BCUT2D eigenvalue weighted by Crippen LogP contribution is 2.25. The number of hydrogen-bond donors (Lipinski definition) is 1. The molecule has 0 amide bonds. The van der Waals surface area contributed by atoms with E-state index in [4.69, 9.17) is 0 Å². The molecule has 1 aliphatic rings. The molecule has 0 saturated heterocycles. The molecule has 1 N–H and O–H groups in total. The Morgan fingerprint density at radius 1 is 1.52 bits per heavy atom. The van der Waals surface area contributed by atoms with Gasteiger partial charge in [-0.05, 0) is 40.9 Å². The maximum Gasteiger partial charge on any atom is 0.170 e. The summed E-state index contributed by atoms with van der Waals surface area (Å²) >= 11 is 5.09. The Labute approximate surface area is 136 Å². The van der Waals surface area contributed by atoms with Crippen LogP contribution in [-0.2, 0) is 13.1 Å². The summed E-state index contributed by atoms with van der Waals surface area (Å²) in [6.45, 7) is 1.23. The molecule has 1 fully saturated rings. The third kappa shape index (κ3) is 3.81. The molecule has 2 aromatic heterocycles. The van der Waals surface area contributed by atoms with Crippen LogP contribution in [0.2, 0.25) is 0 Å². The van der Waals surface area contributed by atoms with Crippen molar-refractivity contribution in [1.82, 2.24) is 10.3 Å². The number of anilines is 1. The Morgan fingerprint density at radius 3 is 3.00 bits per heavy atom. The third-order valence-corrected chi connectivity index (χ3v) is 5.17. The molecule has 112 valence electrons. The van der Waals surface area contributed by atoms with E-state index in [1.807, 2.05) is 17.3 Å². The Balaban J connectivity index is 1.72. The Bertz CT molecular complexity index is 627. The average Bonchev–Trinajstić information content (AvgIpc) is 3.20. The number of halogens is 2. The van der Waals surface area contributed by atoms with Gasteiger partial charge in [0.1, 0.15) is 0 Å². The van der Waals surface area contributed by atoms with Crippen LogP contribution in [0.4, 0.5) is 10.2 Å². The number of nitrogens with zero attached hydrogens (tertiary/aromatic N) is 2. The molecule has 0 aliphatic heterocycles. The van der Waals surface area contributed by atoms with Crippen LogP contribution in [0.25, 0.3) is 0 Å². The largest absolute Gasteiger partial charge is 0.352 e. The SMILES string of the molecule is CN(Cc1cc(Br)cs1)c1nccc(CNC2CC2)c1F. The van der Waals surface area contributed by atoms with E-state index in [0.29, 0.717) is 30.5 Å². The maximum atomic E-state index is 14.6. The number of aromatic nitrogens is 1. The van der Waals surface area contributed by atoms with Crippen molar-refractivity contribution >= 4 is 33.1 Å².